The van der Waals surface area contributed by atoms with Crippen molar-refractivity contribution in [3.63, 3.8) is 0 Å². The second-order valence-corrected chi connectivity index (χ2v) is 5.06. The zero-order chi connectivity index (χ0) is 14.0. The number of hydrogen-bond donors (Lipinski definition) is 1. The topological polar surface area (TPSA) is 54.5 Å². The normalized spacial score (nSPS) is 16.9. The number of aryl methyl sites for hydroxylation is 1. The third-order valence-electron chi connectivity index (χ3n) is 4.00. The second kappa shape index (κ2) is 5.65. The molecule has 5 nitrogen and oxygen atoms in total. The van der Waals surface area contributed by atoms with Gasteiger partial charge in [0.1, 0.15) is 5.69 Å². The highest BCUT2D eigenvalue weighted by Crippen LogP contribution is 2.22. The maximum absolute atomic E-state index is 12.2. The van der Waals surface area contributed by atoms with E-state index < -0.39 is 0 Å². The minimum absolute atomic E-state index is 0.0598. The molecule has 1 aromatic heterocycles. The van der Waals surface area contributed by atoms with E-state index in [1.807, 2.05) is 19.9 Å². The summed E-state index contributed by atoms with van der Waals surface area (Å²) in [7, 11) is 0. The number of pyridine rings is 1. The minimum atomic E-state index is -0.0598. The molecule has 0 amide bonds. The Bertz CT molecular complexity index is 501. The van der Waals surface area contributed by atoms with Crippen LogP contribution in [0.1, 0.15) is 19.5 Å². The fraction of sp³-hybridized carbons (Fsp3) is 0.643. The number of likely N-dealkylation sites (N-methyl/N-ethyl adjacent to an activating group) is 1. The Balaban J connectivity index is 2.29. The van der Waals surface area contributed by atoms with Crippen molar-refractivity contribution in [3.05, 3.63) is 22.1 Å². The van der Waals surface area contributed by atoms with Crippen molar-refractivity contribution in [2.75, 3.05) is 43.4 Å². The summed E-state index contributed by atoms with van der Waals surface area (Å²) in [5, 5.41) is 0. The molecule has 1 aliphatic heterocycles. The SMILES string of the molecule is CCN1CCN(c2cc(C)n(CC)c(=O)c2N)CC1. The van der Waals surface area contributed by atoms with Gasteiger partial charge in [-0.15, -0.1) is 0 Å². The summed E-state index contributed by atoms with van der Waals surface area (Å²) in [4.78, 5) is 16.8. The highest BCUT2D eigenvalue weighted by Gasteiger charge is 2.20. The average Bonchev–Trinajstić information content (AvgIpc) is 2.43. The van der Waals surface area contributed by atoms with Crippen LogP contribution < -0.4 is 16.2 Å². The second-order valence-electron chi connectivity index (χ2n) is 5.06. The Labute approximate surface area is 114 Å². The third-order valence-corrected chi connectivity index (χ3v) is 4.00. The molecule has 2 N–H and O–H groups in total. The van der Waals surface area contributed by atoms with Gasteiger partial charge in [0.2, 0.25) is 0 Å². The first-order valence-corrected chi connectivity index (χ1v) is 7.05. The molecule has 19 heavy (non-hydrogen) atoms. The quantitative estimate of drug-likeness (QED) is 0.881. The average molecular weight is 264 g/mol. The van der Waals surface area contributed by atoms with Gasteiger partial charge in [-0.25, -0.2) is 0 Å². The van der Waals surface area contributed by atoms with Crippen LogP contribution in [0.5, 0.6) is 0 Å². The van der Waals surface area contributed by atoms with Crippen molar-refractivity contribution in [2.45, 2.75) is 27.3 Å². The Morgan fingerprint density at radius 2 is 1.79 bits per heavy atom. The third kappa shape index (κ3) is 2.61. The highest BCUT2D eigenvalue weighted by molar-refractivity contribution is 5.67. The van der Waals surface area contributed by atoms with Gasteiger partial charge in [-0.1, -0.05) is 6.92 Å². The number of anilines is 2. The Kier molecular flexibility index (Phi) is 4.14. The summed E-state index contributed by atoms with van der Waals surface area (Å²) in [6.45, 7) is 11.8. The van der Waals surface area contributed by atoms with E-state index in [2.05, 4.69) is 16.7 Å². The van der Waals surface area contributed by atoms with E-state index in [0.29, 0.717) is 12.2 Å². The number of rotatable bonds is 3. The van der Waals surface area contributed by atoms with Crippen LogP contribution in [0.3, 0.4) is 0 Å². The first-order valence-electron chi connectivity index (χ1n) is 7.05. The molecule has 1 fully saturated rings. The van der Waals surface area contributed by atoms with E-state index in [0.717, 1.165) is 44.1 Å². The lowest BCUT2D eigenvalue weighted by atomic mass is 10.2. The van der Waals surface area contributed by atoms with Gasteiger partial charge in [0.25, 0.3) is 5.56 Å². The van der Waals surface area contributed by atoms with Crippen molar-refractivity contribution in [2.24, 2.45) is 0 Å². The van der Waals surface area contributed by atoms with E-state index >= 15 is 0 Å². The van der Waals surface area contributed by atoms with Gasteiger partial charge in [-0.05, 0) is 26.5 Å². The number of piperazine rings is 1. The molecule has 106 valence electrons. The smallest absolute Gasteiger partial charge is 0.276 e. The zero-order valence-electron chi connectivity index (χ0n) is 12.1. The van der Waals surface area contributed by atoms with Crippen LogP contribution in [-0.2, 0) is 6.54 Å². The monoisotopic (exact) mass is 264 g/mol. The van der Waals surface area contributed by atoms with Crippen molar-refractivity contribution in [1.29, 1.82) is 0 Å². The first kappa shape index (κ1) is 13.9. The van der Waals surface area contributed by atoms with E-state index in [1.54, 1.807) is 4.57 Å². The lowest BCUT2D eigenvalue weighted by Gasteiger charge is -2.36. The number of nitrogens with two attached hydrogens (primary N) is 1. The fourth-order valence-electron chi connectivity index (χ4n) is 2.73. The molecule has 0 unspecified atom stereocenters. The van der Waals surface area contributed by atoms with Gasteiger partial charge in [0, 0.05) is 38.4 Å². The summed E-state index contributed by atoms with van der Waals surface area (Å²) < 4.78 is 1.72. The van der Waals surface area contributed by atoms with Crippen LogP contribution in [0.4, 0.5) is 11.4 Å². The van der Waals surface area contributed by atoms with E-state index in [1.165, 1.54) is 0 Å². The fourth-order valence-corrected chi connectivity index (χ4v) is 2.73. The zero-order valence-corrected chi connectivity index (χ0v) is 12.1. The Morgan fingerprint density at radius 3 is 2.32 bits per heavy atom. The summed E-state index contributed by atoms with van der Waals surface area (Å²) in [6, 6.07) is 2.04. The van der Waals surface area contributed by atoms with Crippen LogP contribution in [0.15, 0.2) is 10.9 Å². The molecule has 0 aliphatic carbocycles. The maximum Gasteiger partial charge on any atom is 0.276 e. The van der Waals surface area contributed by atoms with Crippen LogP contribution in [0, 0.1) is 6.92 Å². The van der Waals surface area contributed by atoms with Crippen molar-refractivity contribution in [1.82, 2.24) is 9.47 Å². The molecular formula is C14H24N4O. The lowest BCUT2D eigenvalue weighted by Crippen LogP contribution is -2.47. The number of hydrogen-bond acceptors (Lipinski definition) is 4. The van der Waals surface area contributed by atoms with Crippen LogP contribution in [0.25, 0.3) is 0 Å². The highest BCUT2D eigenvalue weighted by atomic mass is 16.1. The standard InChI is InChI=1S/C14H24N4O/c1-4-16-6-8-17(9-7-16)12-10-11(3)18(5-2)14(19)13(12)15/h10H,4-9,15H2,1-3H3. The van der Waals surface area contributed by atoms with Gasteiger partial charge in [0.05, 0.1) is 5.69 Å². The minimum Gasteiger partial charge on any atom is -0.393 e. The molecule has 1 aliphatic rings. The number of nitrogen functional groups attached to an aromatic ring is 1. The molecular weight excluding hydrogens is 240 g/mol. The van der Waals surface area contributed by atoms with Crippen molar-refractivity contribution >= 4 is 11.4 Å². The summed E-state index contributed by atoms with van der Waals surface area (Å²) in [6.07, 6.45) is 0. The summed E-state index contributed by atoms with van der Waals surface area (Å²) in [5.74, 6) is 0. The molecule has 1 saturated heterocycles. The van der Waals surface area contributed by atoms with Gasteiger partial charge < -0.3 is 20.1 Å². The summed E-state index contributed by atoms with van der Waals surface area (Å²) >= 11 is 0. The van der Waals surface area contributed by atoms with Crippen LogP contribution in [0.2, 0.25) is 0 Å². The van der Waals surface area contributed by atoms with E-state index in [9.17, 15) is 4.79 Å². The largest absolute Gasteiger partial charge is 0.393 e. The summed E-state index contributed by atoms with van der Waals surface area (Å²) in [5.41, 5.74) is 8.25. The van der Waals surface area contributed by atoms with Crippen LogP contribution >= 0.6 is 0 Å². The predicted molar refractivity (Wildman–Crippen MR) is 79.9 cm³/mol. The molecule has 0 radical (unpaired) electrons. The molecule has 0 bridgehead atoms. The molecule has 2 rings (SSSR count). The van der Waals surface area contributed by atoms with Crippen molar-refractivity contribution in [3.8, 4) is 0 Å². The molecule has 2 heterocycles. The van der Waals surface area contributed by atoms with Crippen molar-refractivity contribution < 1.29 is 0 Å². The Morgan fingerprint density at radius 1 is 1.16 bits per heavy atom. The molecule has 1 aromatic rings. The first-order chi connectivity index (χ1) is 9.08. The van der Waals surface area contributed by atoms with Gasteiger partial charge in [-0.2, -0.15) is 0 Å². The van der Waals surface area contributed by atoms with E-state index in [-0.39, 0.29) is 5.56 Å². The molecule has 0 aromatic carbocycles. The van der Waals surface area contributed by atoms with Crippen LogP contribution in [-0.4, -0.2) is 42.2 Å². The lowest BCUT2D eigenvalue weighted by molar-refractivity contribution is 0.271. The Hall–Kier alpha value is -1.49. The molecule has 0 saturated carbocycles. The van der Waals surface area contributed by atoms with E-state index in [4.69, 9.17) is 5.73 Å². The molecule has 0 spiro atoms. The van der Waals surface area contributed by atoms with Gasteiger partial charge in [0.15, 0.2) is 0 Å². The predicted octanol–water partition coefficient (Wildman–Crippen LogP) is 0.901. The maximum atomic E-state index is 12.2. The molecule has 5 heteroatoms. The van der Waals surface area contributed by atoms with Gasteiger partial charge >= 0.3 is 0 Å². The number of nitrogens with zero attached hydrogens (tertiary/aromatic N) is 3. The molecule has 0 atom stereocenters. The number of aromatic nitrogens is 1. The van der Waals surface area contributed by atoms with Gasteiger partial charge in [-0.3, -0.25) is 4.79 Å².